The zero-order valence-electron chi connectivity index (χ0n) is 8.69. The van der Waals surface area contributed by atoms with Gasteiger partial charge in [-0.1, -0.05) is 29.8 Å². The number of hydrogen-bond donors (Lipinski definition) is 0. The van der Waals surface area contributed by atoms with E-state index in [9.17, 15) is 4.79 Å². The summed E-state index contributed by atoms with van der Waals surface area (Å²) < 4.78 is 0. The fourth-order valence-electron chi connectivity index (χ4n) is 0.960. The van der Waals surface area contributed by atoms with Crippen LogP contribution < -0.4 is 0 Å². The maximum atomic E-state index is 11.5. The van der Waals surface area contributed by atoms with Crippen LogP contribution in [0.15, 0.2) is 29.4 Å². The Hall–Kier alpha value is -1.64. The van der Waals surface area contributed by atoms with Gasteiger partial charge < -0.3 is 5.01 Å². The van der Waals surface area contributed by atoms with Crippen molar-refractivity contribution in [2.75, 3.05) is 14.1 Å². The first kappa shape index (κ1) is 10.4. The Morgan fingerprint density at radius 3 is 2.36 bits per heavy atom. The number of aryl methyl sites for hydroxylation is 1. The van der Waals surface area contributed by atoms with Crippen molar-refractivity contribution < 1.29 is 4.79 Å². The van der Waals surface area contributed by atoms with E-state index in [0.717, 1.165) is 5.56 Å². The molecule has 0 heterocycles. The topological polar surface area (TPSA) is 32.7 Å². The van der Waals surface area contributed by atoms with Crippen LogP contribution in [0, 0.1) is 6.92 Å². The molecule has 74 valence electrons. The van der Waals surface area contributed by atoms with Gasteiger partial charge in [-0.2, -0.15) is 5.10 Å². The molecule has 1 rings (SSSR count). The van der Waals surface area contributed by atoms with Crippen molar-refractivity contribution in [2.45, 2.75) is 6.92 Å². The molecular weight excluding hydrogens is 176 g/mol. The van der Waals surface area contributed by atoms with Crippen molar-refractivity contribution in [3.63, 3.8) is 0 Å². The summed E-state index contributed by atoms with van der Waals surface area (Å²) in [5, 5.41) is 5.47. The van der Waals surface area contributed by atoms with Gasteiger partial charge in [-0.15, -0.1) is 0 Å². The lowest BCUT2D eigenvalue weighted by atomic mass is 10.1. The summed E-state index contributed by atoms with van der Waals surface area (Å²) in [7, 11) is 3.55. The Balaban J connectivity index is 2.75. The highest BCUT2D eigenvalue weighted by Gasteiger charge is 2.00. The van der Waals surface area contributed by atoms with Gasteiger partial charge in [0.25, 0.3) is 0 Å². The lowest BCUT2D eigenvalue weighted by Gasteiger charge is -2.01. The zero-order valence-corrected chi connectivity index (χ0v) is 8.69. The van der Waals surface area contributed by atoms with E-state index >= 15 is 0 Å². The molecule has 0 aliphatic heterocycles. The van der Waals surface area contributed by atoms with E-state index in [2.05, 4.69) is 5.10 Å². The molecule has 0 radical (unpaired) electrons. The van der Waals surface area contributed by atoms with Crippen molar-refractivity contribution in [3.8, 4) is 0 Å². The average molecular weight is 190 g/mol. The second-order valence-electron chi connectivity index (χ2n) is 3.32. The van der Waals surface area contributed by atoms with Gasteiger partial charge in [0, 0.05) is 19.7 Å². The number of benzene rings is 1. The van der Waals surface area contributed by atoms with Crippen molar-refractivity contribution in [2.24, 2.45) is 5.10 Å². The van der Waals surface area contributed by atoms with Gasteiger partial charge in [0.1, 0.15) is 0 Å². The van der Waals surface area contributed by atoms with Gasteiger partial charge in [-0.05, 0) is 6.92 Å². The summed E-state index contributed by atoms with van der Waals surface area (Å²) in [6.45, 7) is 1.99. The summed E-state index contributed by atoms with van der Waals surface area (Å²) in [6.07, 6.45) is 1.32. The maximum Gasteiger partial charge on any atom is 0.205 e. The van der Waals surface area contributed by atoms with Crippen LogP contribution in [-0.4, -0.2) is 31.1 Å². The third kappa shape index (κ3) is 3.01. The summed E-state index contributed by atoms with van der Waals surface area (Å²) in [5.74, 6) is -0.0706. The van der Waals surface area contributed by atoms with Crippen molar-refractivity contribution in [1.29, 1.82) is 0 Å². The maximum absolute atomic E-state index is 11.5. The van der Waals surface area contributed by atoms with Crippen LogP contribution in [0.2, 0.25) is 0 Å². The van der Waals surface area contributed by atoms with Crippen LogP contribution >= 0.6 is 0 Å². The fraction of sp³-hybridized carbons (Fsp3) is 0.273. The SMILES string of the molecule is Cc1ccc(C(=O)/C=N/N(C)C)cc1. The summed E-state index contributed by atoms with van der Waals surface area (Å²) in [4.78, 5) is 11.5. The number of carbonyl (C=O) groups is 1. The average Bonchev–Trinajstić information content (AvgIpc) is 2.15. The highest BCUT2D eigenvalue weighted by Crippen LogP contribution is 2.02. The molecule has 1 aromatic carbocycles. The van der Waals surface area contributed by atoms with Crippen LogP contribution in [0.4, 0.5) is 0 Å². The van der Waals surface area contributed by atoms with Gasteiger partial charge in [-0.25, -0.2) is 0 Å². The lowest BCUT2D eigenvalue weighted by molar-refractivity contribution is 0.106. The van der Waals surface area contributed by atoms with Gasteiger partial charge in [0.2, 0.25) is 5.78 Å². The van der Waals surface area contributed by atoms with E-state index in [1.54, 1.807) is 31.2 Å². The minimum absolute atomic E-state index is 0.0706. The van der Waals surface area contributed by atoms with Crippen LogP contribution in [0.5, 0.6) is 0 Å². The Bertz CT molecular complexity index is 339. The Morgan fingerprint density at radius 2 is 1.86 bits per heavy atom. The van der Waals surface area contributed by atoms with Gasteiger partial charge in [0.15, 0.2) is 0 Å². The van der Waals surface area contributed by atoms with E-state index in [0.29, 0.717) is 5.56 Å². The smallest absolute Gasteiger partial charge is 0.205 e. The first-order valence-electron chi connectivity index (χ1n) is 4.42. The Labute approximate surface area is 84.0 Å². The number of rotatable bonds is 3. The van der Waals surface area contributed by atoms with E-state index in [1.165, 1.54) is 6.21 Å². The number of hydrogen-bond acceptors (Lipinski definition) is 3. The third-order valence-corrected chi connectivity index (χ3v) is 1.74. The van der Waals surface area contributed by atoms with Crippen molar-refractivity contribution in [1.82, 2.24) is 5.01 Å². The minimum Gasteiger partial charge on any atom is -0.303 e. The highest BCUT2D eigenvalue weighted by atomic mass is 16.1. The molecular formula is C11H14N2O. The molecule has 0 saturated carbocycles. The Kier molecular flexibility index (Phi) is 3.40. The minimum atomic E-state index is -0.0706. The molecule has 0 bridgehead atoms. The lowest BCUT2D eigenvalue weighted by Crippen LogP contribution is -2.07. The molecule has 0 aliphatic carbocycles. The molecule has 0 saturated heterocycles. The third-order valence-electron chi connectivity index (χ3n) is 1.74. The molecule has 3 nitrogen and oxygen atoms in total. The van der Waals surface area contributed by atoms with Crippen LogP contribution in [0.3, 0.4) is 0 Å². The molecule has 0 aromatic heterocycles. The van der Waals surface area contributed by atoms with Crippen LogP contribution in [0.25, 0.3) is 0 Å². The molecule has 0 atom stereocenters. The first-order chi connectivity index (χ1) is 6.59. The predicted octanol–water partition coefficient (Wildman–Crippen LogP) is 1.73. The van der Waals surface area contributed by atoms with Crippen LogP contribution in [0.1, 0.15) is 15.9 Å². The molecule has 3 heteroatoms. The Morgan fingerprint density at radius 1 is 1.29 bits per heavy atom. The fourth-order valence-corrected chi connectivity index (χ4v) is 0.960. The number of ketones is 1. The largest absolute Gasteiger partial charge is 0.303 e. The monoisotopic (exact) mass is 190 g/mol. The first-order valence-corrected chi connectivity index (χ1v) is 4.42. The highest BCUT2D eigenvalue weighted by molar-refractivity contribution is 6.35. The summed E-state index contributed by atoms with van der Waals surface area (Å²) in [5.41, 5.74) is 1.81. The van der Waals surface area contributed by atoms with E-state index in [4.69, 9.17) is 0 Å². The zero-order chi connectivity index (χ0) is 10.6. The van der Waals surface area contributed by atoms with Gasteiger partial charge in [0.05, 0.1) is 6.21 Å². The van der Waals surface area contributed by atoms with Crippen LogP contribution in [-0.2, 0) is 0 Å². The van der Waals surface area contributed by atoms with Gasteiger partial charge in [-0.3, -0.25) is 4.79 Å². The molecule has 1 aromatic rings. The molecule has 0 aliphatic rings. The quantitative estimate of drug-likeness (QED) is 0.413. The van der Waals surface area contributed by atoms with E-state index in [1.807, 2.05) is 19.1 Å². The predicted molar refractivity (Wildman–Crippen MR) is 57.7 cm³/mol. The van der Waals surface area contributed by atoms with Crippen molar-refractivity contribution in [3.05, 3.63) is 35.4 Å². The summed E-state index contributed by atoms with van der Waals surface area (Å²) >= 11 is 0. The number of hydrazone groups is 1. The second-order valence-corrected chi connectivity index (χ2v) is 3.32. The number of nitrogens with zero attached hydrogens (tertiary/aromatic N) is 2. The molecule has 0 unspecified atom stereocenters. The standard InChI is InChI=1S/C11H14N2O/c1-9-4-6-10(7-5-9)11(14)8-12-13(2)3/h4-8H,1-3H3/b12-8+. The molecule has 0 amide bonds. The number of carbonyl (C=O) groups excluding carboxylic acids is 1. The van der Waals surface area contributed by atoms with Crippen molar-refractivity contribution >= 4 is 12.0 Å². The number of Topliss-reactive ketones (excluding diaryl/α,β-unsaturated/α-hetero) is 1. The molecule has 14 heavy (non-hydrogen) atoms. The molecule has 0 N–H and O–H groups in total. The van der Waals surface area contributed by atoms with E-state index in [-0.39, 0.29) is 5.78 Å². The summed E-state index contributed by atoms with van der Waals surface area (Å²) in [6, 6.07) is 7.44. The normalized spacial score (nSPS) is 10.5. The van der Waals surface area contributed by atoms with Gasteiger partial charge >= 0.3 is 0 Å². The molecule has 0 spiro atoms. The second kappa shape index (κ2) is 4.56. The van der Waals surface area contributed by atoms with E-state index < -0.39 is 0 Å². The molecule has 0 fully saturated rings.